The van der Waals surface area contributed by atoms with Crippen LogP contribution in [0.25, 0.3) is 0 Å². The van der Waals surface area contributed by atoms with Gasteiger partial charge in [0.25, 0.3) is 0 Å². The lowest BCUT2D eigenvalue weighted by atomic mass is 9.88. The molecule has 1 aromatic rings. The Morgan fingerprint density at radius 1 is 1.21 bits per heavy atom. The molecule has 1 amide bonds. The SMILES string of the molecule is C[C@@H]1CCCC[C@@H]1OCC(=O)N1CCC[C@H]1c1noc(C2CC2)n1. The molecule has 0 radical (unpaired) electrons. The maximum atomic E-state index is 12.6. The zero-order valence-electron chi connectivity index (χ0n) is 14.4. The lowest BCUT2D eigenvalue weighted by Gasteiger charge is -2.30. The maximum absolute atomic E-state index is 12.6. The molecule has 0 aromatic carbocycles. The highest BCUT2D eigenvalue weighted by atomic mass is 16.5. The Balaban J connectivity index is 1.35. The number of carbonyl (C=O) groups excluding carboxylic acids is 1. The average molecular weight is 333 g/mol. The molecule has 1 aromatic heterocycles. The summed E-state index contributed by atoms with van der Waals surface area (Å²) in [4.78, 5) is 19.1. The Morgan fingerprint density at radius 2 is 2.04 bits per heavy atom. The fourth-order valence-corrected chi connectivity index (χ4v) is 4.00. The summed E-state index contributed by atoms with van der Waals surface area (Å²) < 4.78 is 11.3. The van der Waals surface area contributed by atoms with E-state index in [0.29, 0.717) is 17.7 Å². The van der Waals surface area contributed by atoms with Crippen molar-refractivity contribution in [1.82, 2.24) is 15.0 Å². The third-order valence-corrected chi connectivity index (χ3v) is 5.71. The molecule has 6 heteroatoms. The Kier molecular flexibility index (Phi) is 4.57. The van der Waals surface area contributed by atoms with Crippen LogP contribution in [0.15, 0.2) is 4.52 Å². The number of ether oxygens (including phenoxy) is 1. The van der Waals surface area contributed by atoms with Gasteiger partial charge in [-0.3, -0.25) is 4.79 Å². The number of aromatic nitrogens is 2. The summed E-state index contributed by atoms with van der Waals surface area (Å²) in [6.45, 7) is 3.17. The molecule has 3 aliphatic rings. The van der Waals surface area contributed by atoms with Crippen LogP contribution >= 0.6 is 0 Å². The number of hydrogen-bond donors (Lipinski definition) is 0. The molecule has 3 atom stereocenters. The first-order chi connectivity index (χ1) is 11.7. The summed E-state index contributed by atoms with van der Waals surface area (Å²) in [5, 5.41) is 4.13. The van der Waals surface area contributed by atoms with Gasteiger partial charge in [0, 0.05) is 12.5 Å². The Hall–Kier alpha value is -1.43. The minimum absolute atomic E-state index is 0.0406. The second-order valence-corrected chi connectivity index (χ2v) is 7.62. The molecule has 6 nitrogen and oxygen atoms in total. The van der Waals surface area contributed by atoms with Crippen molar-refractivity contribution < 1.29 is 14.1 Å². The van der Waals surface area contributed by atoms with Gasteiger partial charge in [0.1, 0.15) is 6.61 Å². The first-order valence-corrected chi connectivity index (χ1v) is 9.47. The fraction of sp³-hybridized carbons (Fsp3) is 0.833. The molecule has 0 N–H and O–H groups in total. The molecule has 4 rings (SSSR count). The van der Waals surface area contributed by atoms with E-state index in [9.17, 15) is 4.79 Å². The summed E-state index contributed by atoms with van der Waals surface area (Å²) in [5.74, 6) is 2.49. The van der Waals surface area contributed by atoms with E-state index in [0.717, 1.165) is 44.5 Å². The van der Waals surface area contributed by atoms with E-state index in [1.165, 1.54) is 19.3 Å². The zero-order chi connectivity index (χ0) is 16.5. The normalized spacial score (nSPS) is 30.7. The molecule has 2 saturated carbocycles. The fourth-order valence-electron chi connectivity index (χ4n) is 4.00. The molecular formula is C18H27N3O3. The van der Waals surface area contributed by atoms with Crippen molar-refractivity contribution in [2.75, 3.05) is 13.2 Å². The average Bonchev–Trinajstić information content (AvgIpc) is 3.12. The van der Waals surface area contributed by atoms with Crippen LogP contribution in [0.3, 0.4) is 0 Å². The zero-order valence-corrected chi connectivity index (χ0v) is 14.4. The standard InChI is InChI=1S/C18H27N3O3/c1-12-5-2-3-7-15(12)23-11-16(22)21-10-4-6-14(21)17-19-18(24-20-17)13-8-9-13/h12-15H,2-11H2,1H3/t12-,14+,15+/m1/s1. The first-order valence-electron chi connectivity index (χ1n) is 9.47. The molecule has 3 fully saturated rings. The van der Waals surface area contributed by atoms with Gasteiger partial charge in [-0.15, -0.1) is 0 Å². The van der Waals surface area contributed by atoms with Crippen molar-refractivity contribution in [2.24, 2.45) is 5.92 Å². The van der Waals surface area contributed by atoms with Crippen LogP contribution in [-0.2, 0) is 9.53 Å². The van der Waals surface area contributed by atoms with Crippen molar-refractivity contribution in [3.05, 3.63) is 11.7 Å². The first kappa shape index (κ1) is 16.1. The minimum Gasteiger partial charge on any atom is -0.368 e. The van der Waals surface area contributed by atoms with Crippen molar-refractivity contribution >= 4 is 5.91 Å². The Bertz CT molecular complexity index is 584. The summed E-state index contributed by atoms with van der Waals surface area (Å²) in [5.41, 5.74) is 0. The predicted octanol–water partition coefficient (Wildman–Crippen LogP) is 3.21. The highest BCUT2D eigenvalue weighted by molar-refractivity contribution is 5.78. The number of rotatable bonds is 5. The quantitative estimate of drug-likeness (QED) is 0.827. The van der Waals surface area contributed by atoms with Gasteiger partial charge in [-0.2, -0.15) is 4.98 Å². The van der Waals surface area contributed by atoms with Gasteiger partial charge in [0.05, 0.1) is 12.1 Å². The van der Waals surface area contributed by atoms with E-state index in [-0.39, 0.29) is 24.7 Å². The van der Waals surface area contributed by atoms with Crippen LogP contribution < -0.4 is 0 Å². The number of hydrogen-bond acceptors (Lipinski definition) is 5. The topological polar surface area (TPSA) is 68.5 Å². The Morgan fingerprint density at radius 3 is 2.83 bits per heavy atom. The van der Waals surface area contributed by atoms with Crippen LogP contribution in [0.5, 0.6) is 0 Å². The number of nitrogens with zero attached hydrogens (tertiary/aromatic N) is 3. The molecule has 0 spiro atoms. The molecule has 24 heavy (non-hydrogen) atoms. The molecule has 132 valence electrons. The molecule has 2 aliphatic carbocycles. The van der Waals surface area contributed by atoms with Crippen molar-refractivity contribution in [1.29, 1.82) is 0 Å². The maximum Gasteiger partial charge on any atom is 0.249 e. The lowest BCUT2D eigenvalue weighted by molar-refractivity contribution is -0.141. The van der Waals surface area contributed by atoms with E-state index < -0.39 is 0 Å². The van der Waals surface area contributed by atoms with E-state index in [1.807, 2.05) is 4.90 Å². The Labute approximate surface area is 142 Å². The van der Waals surface area contributed by atoms with Crippen molar-refractivity contribution in [3.63, 3.8) is 0 Å². The molecule has 0 bridgehead atoms. The summed E-state index contributed by atoms with van der Waals surface area (Å²) in [6.07, 6.45) is 9.19. The van der Waals surface area contributed by atoms with Gasteiger partial charge >= 0.3 is 0 Å². The van der Waals surface area contributed by atoms with Gasteiger partial charge in [-0.1, -0.05) is 24.9 Å². The van der Waals surface area contributed by atoms with Gasteiger partial charge < -0.3 is 14.2 Å². The van der Waals surface area contributed by atoms with E-state index in [4.69, 9.17) is 9.26 Å². The molecule has 1 saturated heterocycles. The third kappa shape index (κ3) is 3.34. The second kappa shape index (κ2) is 6.82. The van der Waals surface area contributed by atoms with Crippen LogP contribution in [-0.4, -0.2) is 40.2 Å². The number of carbonyl (C=O) groups is 1. The van der Waals surface area contributed by atoms with Gasteiger partial charge in [-0.05, 0) is 44.4 Å². The highest BCUT2D eigenvalue weighted by Crippen LogP contribution is 2.40. The van der Waals surface area contributed by atoms with Gasteiger partial charge in [0.2, 0.25) is 11.8 Å². The second-order valence-electron chi connectivity index (χ2n) is 7.62. The summed E-state index contributed by atoms with van der Waals surface area (Å²) >= 11 is 0. The highest BCUT2D eigenvalue weighted by Gasteiger charge is 2.36. The largest absolute Gasteiger partial charge is 0.368 e. The van der Waals surface area contributed by atoms with Crippen LogP contribution in [0, 0.1) is 5.92 Å². The molecular weight excluding hydrogens is 306 g/mol. The smallest absolute Gasteiger partial charge is 0.249 e. The van der Waals surface area contributed by atoms with Crippen LogP contribution in [0.2, 0.25) is 0 Å². The lowest BCUT2D eigenvalue weighted by Crippen LogP contribution is -2.36. The van der Waals surface area contributed by atoms with E-state index >= 15 is 0 Å². The monoisotopic (exact) mass is 333 g/mol. The summed E-state index contributed by atoms with van der Waals surface area (Å²) in [6, 6.07) is -0.0406. The minimum atomic E-state index is -0.0406. The summed E-state index contributed by atoms with van der Waals surface area (Å²) in [7, 11) is 0. The van der Waals surface area contributed by atoms with E-state index in [2.05, 4.69) is 17.1 Å². The van der Waals surface area contributed by atoms with Crippen LogP contribution in [0.1, 0.15) is 82.0 Å². The third-order valence-electron chi connectivity index (χ3n) is 5.71. The van der Waals surface area contributed by atoms with Crippen LogP contribution in [0.4, 0.5) is 0 Å². The molecule has 1 aliphatic heterocycles. The molecule has 2 heterocycles. The van der Waals surface area contributed by atoms with Gasteiger partial charge in [-0.25, -0.2) is 0 Å². The van der Waals surface area contributed by atoms with Crippen molar-refractivity contribution in [2.45, 2.75) is 76.4 Å². The molecule has 0 unspecified atom stereocenters. The van der Waals surface area contributed by atoms with E-state index in [1.54, 1.807) is 0 Å². The van der Waals surface area contributed by atoms with Gasteiger partial charge in [0.15, 0.2) is 5.82 Å². The van der Waals surface area contributed by atoms with Crippen molar-refractivity contribution in [3.8, 4) is 0 Å². The predicted molar refractivity (Wildman–Crippen MR) is 87.3 cm³/mol. The number of amides is 1. The number of likely N-dealkylation sites (tertiary alicyclic amines) is 1.